The van der Waals surface area contributed by atoms with Gasteiger partial charge in [0.2, 0.25) is 5.91 Å². The first kappa shape index (κ1) is 17.0. The Bertz CT molecular complexity index is 553. The Kier molecular flexibility index (Phi) is 5.88. The summed E-state index contributed by atoms with van der Waals surface area (Å²) in [6.45, 7) is 4.99. The molecule has 1 fully saturated rings. The summed E-state index contributed by atoms with van der Waals surface area (Å²) in [6, 6.07) is 10.6. The van der Waals surface area contributed by atoms with Crippen molar-refractivity contribution in [1.29, 1.82) is 0 Å². The second-order valence-electron chi connectivity index (χ2n) is 6.65. The number of aliphatic hydroxyl groups excluding tert-OH is 1. The number of anilines is 1. The van der Waals surface area contributed by atoms with Crippen molar-refractivity contribution in [3.63, 3.8) is 0 Å². The number of amides is 1. The molecular formula is C19H27N3O2. The van der Waals surface area contributed by atoms with Gasteiger partial charge in [-0.05, 0) is 18.6 Å². The molecule has 0 bridgehead atoms. The van der Waals surface area contributed by atoms with Crippen LogP contribution in [0, 0.1) is 5.92 Å². The number of para-hydroxylation sites is 1. The molecule has 2 aliphatic rings. The van der Waals surface area contributed by atoms with E-state index in [1.165, 1.54) is 5.69 Å². The average molecular weight is 329 g/mol. The van der Waals surface area contributed by atoms with Crippen LogP contribution in [0.1, 0.15) is 12.8 Å². The molecule has 1 heterocycles. The molecular weight excluding hydrogens is 302 g/mol. The number of hydrogen-bond acceptors (Lipinski definition) is 4. The summed E-state index contributed by atoms with van der Waals surface area (Å²) in [5.41, 5.74) is 1.28. The lowest BCUT2D eigenvalue weighted by molar-refractivity contribution is -0.121. The van der Waals surface area contributed by atoms with Gasteiger partial charge in [0.05, 0.1) is 0 Å². The highest BCUT2D eigenvalue weighted by molar-refractivity contribution is 5.76. The fraction of sp³-hybridized carbons (Fsp3) is 0.526. The van der Waals surface area contributed by atoms with Gasteiger partial charge in [-0.2, -0.15) is 0 Å². The van der Waals surface area contributed by atoms with Crippen molar-refractivity contribution in [2.24, 2.45) is 5.92 Å². The molecule has 130 valence electrons. The fourth-order valence-corrected chi connectivity index (χ4v) is 3.42. The first-order chi connectivity index (χ1) is 11.7. The summed E-state index contributed by atoms with van der Waals surface area (Å²) < 4.78 is 0. The number of carbonyl (C=O) groups is 1. The minimum atomic E-state index is 0.0876. The number of piperazine rings is 1. The topological polar surface area (TPSA) is 55.8 Å². The van der Waals surface area contributed by atoms with Crippen molar-refractivity contribution in [2.75, 3.05) is 44.2 Å². The molecule has 1 amide bonds. The second-order valence-corrected chi connectivity index (χ2v) is 6.65. The molecule has 2 atom stereocenters. The van der Waals surface area contributed by atoms with Gasteiger partial charge >= 0.3 is 0 Å². The molecule has 0 spiro atoms. The highest BCUT2D eigenvalue weighted by Gasteiger charge is 2.21. The van der Waals surface area contributed by atoms with Gasteiger partial charge < -0.3 is 15.3 Å². The van der Waals surface area contributed by atoms with Gasteiger partial charge in [0.1, 0.15) is 0 Å². The Labute approximate surface area is 143 Å². The third-order valence-corrected chi connectivity index (χ3v) is 4.90. The van der Waals surface area contributed by atoms with Crippen LogP contribution in [0.4, 0.5) is 5.69 Å². The summed E-state index contributed by atoms with van der Waals surface area (Å²) in [6.07, 6.45) is 5.35. The molecule has 1 aliphatic heterocycles. The Morgan fingerprint density at radius 2 is 1.88 bits per heavy atom. The molecule has 0 aromatic heterocycles. The van der Waals surface area contributed by atoms with E-state index < -0.39 is 0 Å². The van der Waals surface area contributed by atoms with Crippen LogP contribution in [-0.2, 0) is 4.79 Å². The third-order valence-electron chi connectivity index (χ3n) is 4.90. The maximum atomic E-state index is 12.1. The van der Waals surface area contributed by atoms with E-state index in [0.717, 1.165) is 39.1 Å². The summed E-state index contributed by atoms with van der Waals surface area (Å²) in [7, 11) is 0. The van der Waals surface area contributed by atoms with Gasteiger partial charge in [0.25, 0.3) is 0 Å². The van der Waals surface area contributed by atoms with Crippen molar-refractivity contribution in [1.82, 2.24) is 10.2 Å². The zero-order chi connectivity index (χ0) is 16.8. The zero-order valence-corrected chi connectivity index (χ0v) is 14.1. The van der Waals surface area contributed by atoms with E-state index in [-0.39, 0.29) is 24.5 Å². The number of benzene rings is 1. The molecule has 24 heavy (non-hydrogen) atoms. The Morgan fingerprint density at radius 3 is 2.54 bits per heavy atom. The summed E-state index contributed by atoms with van der Waals surface area (Å²) in [5.74, 6) is 0.301. The van der Waals surface area contributed by atoms with Gasteiger partial charge in [0.15, 0.2) is 0 Å². The van der Waals surface area contributed by atoms with E-state index in [2.05, 4.69) is 39.4 Å². The number of nitrogens with one attached hydrogen (secondary N) is 1. The van der Waals surface area contributed by atoms with E-state index in [4.69, 9.17) is 5.11 Å². The lowest BCUT2D eigenvalue weighted by atomic mass is 10.1. The Morgan fingerprint density at radius 1 is 1.12 bits per heavy atom. The smallest absolute Gasteiger partial charge is 0.221 e. The second kappa shape index (κ2) is 8.31. The van der Waals surface area contributed by atoms with Crippen LogP contribution in [-0.4, -0.2) is 61.3 Å². The third kappa shape index (κ3) is 4.58. The van der Waals surface area contributed by atoms with Crippen molar-refractivity contribution in [3.05, 3.63) is 42.5 Å². The quantitative estimate of drug-likeness (QED) is 0.772. The van der Waals surface area contributed by atoms with Gasteiger partial charge in [-0.3, -0.25) is 9.69 Å². The number of carbonyl (C=O) groups excluding carboxylic acids is 1. The average Bonchev–Trinajstić information content (AvgIpc) is 3.09. The van der Waals surface area contributed by atoms with E-state index in [0.29, 0.717) is 6.42 Å². The van der Waals surface area contributed by atoms with E-state index in [1.54, 1.807) is 0 Å². The highest BCUT2D eigenvalue weighted by atomic mass is 16.3. The number of rotatable bonds is 6. The summed E-state index contributed by atoms with van der Waals surface area (Å²) in [5, 5.41) is 12.2. The fourth-order valence-electron chi connectivity index (χ4n) is 3.42. The normalized spacial score (nSPS) is 24.3. The summed E-state index contributed by atoms with van der Waals surface area (Å²) in [4.78, 5) is 16.8. The van der Waals surface area contributed by atoms with Gasteiger partial charge in [-0.1, -0.05) is 30.4 Å². The number of aliphatic hydroxyl groups is 1. The van der Waals surface area contributed by atoms with Crippen molar-refractivity contribution in [3.8, 4) is 0 Å². The van der Waals surface area contributed by atoms with Crippen LogP contribution < -0.4 is 10.2 Å². The minimum Gasteiger partial charge on any atom is -0.396 e. The molecule has 0 radical (unpaired) electrons. The first-order valence-corrected chi connectivity index (χ1v) is 8.85. The molecule has 1 saturated heterocycles. The minimum absolute atomic E-state index is 0.0876. The maximum absolute atomic E-state index is 12.1. The number of hydrogen-bond donors (Lipinski definition) is 2. The Balaban J connectivity index is 1.35. The molecule has 0 unspecified atom stereocenters. The van der Waals surface area contributed by atoms with Gasteiger partial charge in [0, 0.05) is 63.4 Å². The lowest BCUT2D eigenvalue weighted by Gasteiger charge is -2.36. The SMILES string of the molecule is O=C(CCN1CCN(c2ccccc2)CC1)N[C@@H]1C=C[C@H](CO)C1. The highest BCUT2D eigenvalue weighted by Crippen LogP contribution is 2.17. The first-order valence-electron chi connectivity index (χ1n) is 8.85. The van der Waals surface area contributed by atoms with Crippen molar-refractivity contribution in [2.45, 2.75) is 18.9 Å². The van der Waals surface area contributed by atoms with Crippen LogP contribution in [0.15, 0.2) is 42.5 Å². The molecule has 3 rings (SSSR count). The molecule has 5 nitrogen and oxygen atoms in total. The van der Waals surface area contributed by atoms with Gasteiger partial charge in [-0.25, -0.2) is 0 Å². The van der Waals surface area contributed by atoms with Crippen LogP contribution in [0.3, 0.4) is 0 Å². The Hall–Kier alpha value is -1.85. The maximum Gasteiger partial charge on any atom is 0.221 e. The lowest BCUT2D eigenvalue weighted by Crippen LogP contribution is -2.47. The van der Waals surface area contributed by atoms with Gasteiger partial charge in [-0.15, -0.1) is 0 Å². The summed E-state index contributed by atoms with van der Waals surface area (Å²) >= 11 is 0. The van der Waals surface area contributed by atoms with E-state index in [9.17, 15) is 4.79 Å². The largest absolute Gasteiger partial charge is 0.396 e. The molecule has 1 aromatic rings. The van der Waals surface area contributed by atoms with Crippen molar-refractivity contribution < 1.29 is 9.90 Å². The van der Waals surface area contributed by atoms with Crippen LogP contribution in [0.5, 0.6) is 0 Å². The van der Waals surface area contributed by atoms with Crippen LogP contribution in [0.2, 0.25) is 0 Å². The van der Waals surface area contributed by atoms with E-state index >= 15 is 0 Å². The molecule has 0 saturated carbocycles. The molecule has 5 heteroatoms. The van der Waals surface area contributed by atoms with E-state index in [1.807, 2.05) is 18.2 Å². The zero-order valence-electron chi connectivity index (χ0n) is 14.1. The van der Waals surface area contributed by atoms with Crippen LogP contribution in [0.25, 0.3) is 0 Å². The molecule has 2 N–H and O–H groups in total. The predicted octanol–water partition coefficient (Wildman–Crippen LogP) is 1.25. The standard InChI is InChI=1S/C19H27N3O2/c23-15-16-6-7-17(14-16)20-19(24)8-9-21-10-12-22(13-11-21)18-4-2-1-3-5-18/h1-7,16-17,23H,8-15H2,(H,20,24)/t16-,17+/m0/s1. The molecule has 1 aromatic carbocycles. The molecule has 1 aliphatic carbocycles. The monoisotopic (exact) mass is 329 g/mol. The van der Waals surface area contributed by atoms with Crippen molar-refractivity contribution >= 4 is 11.6 Å². The number of nitrogens with zero attached hydrogens (tertiary/aromatic N) is 2. The predicted molar refractivity (Wildman–Crippen MR) is 96.0 cm³/mol. The van der Waals surface area contributed by atoms with Crippen LogP contribution >= 0.6 is 0 Å².